The molecule has 0 spiro atoms. The van der Waals surface area contributed by atoms with E-state index >= 15 is 0 Å². The highest BCUT2D eigenvalue weighted by Gasteiger charge is 2.19. The fourth-order valence-electron chi connectivity index (χ4n) is 6.74. The van der Waals surface area contributed by atoms with Crippen LogP contribution in [-0.4, -0.2) is 5.11 Å². The van der Waals surface area contributed by atoms with Crippen LogP contribution in [0.15, 0.2) is 152 Å². The van der Waals surface area contributed by atoms with E-state index in [9.17, 15) is 14.8 Å². The lowest BCUT2D eigenvalue weighted by Gasteiger charge is -2.19. The van der Waals surface area contributed by atoms with Crippen LogP contribution >= 0.6 is 0 Å². The molecule has 0 aliphatic heterocycles. The highest BCUT2D eigenvalue weighted by molar-refractivity contribution is 6.21. The van der Waals surface area contributed by atoms with Gasteiger partial charge in [-0.3, -0.25) is 0 Å². The smallest absolute Gasteiger partial charge is 0.141 e. The van der Waals surface area contributed by atoms with Gasteiger partial charge in [0.05, 0.1) is 5.56 Å². The summed E-state index contributed by atoms with van der Waals surface area (Å²) < 4.78 is 14.9. The molecule has 0 aliphatic carbocycles. The minimum atomic E-state index is -0.533. The van der Waals surface area contributed by atoms with Crippen LogP contribution in [0.4, 0.5) is 4.39 Å². The van der Waals surface area contributed by atoms with E-state index in [2.05, 4.69) is 72.8 Å². The molecule has 3 heteroatoms. The summed E-state index contributed by atoms with van der Waals surface area (Å²) in [6.07, 6.45) is 0. The number of fused-ring (bicyclic) bond motifs is 3. The monoisotopic (exact) mass is 591 g/mol. The number of rotatable bonds is 4. The summed E-state index contributed by atoms with van der Waals surface area (Å²) in [4.78, 5) is 0. The van der Waals surface area contributed by atoms with Crippen molar-refractivity contribution in [2.24, 2.45) is 0 Å². The topological polar surface area (TPSA) is 44.0 Å². The third kappa shape index (κ3) is 4.48. The zero-order chi connectivity index (χ0) is 31.2. The lowest BCUT2D eigenvalue weighted by Crippen LogP contribution is -1.93. The largest absolute Gasteiger partial charge is 0.507 e. The molecule has 0 radical (unpaired) electrons. The quantitative estimate of drug-likeness (QED) is 0.207. The predicted molar refractivity (Wildman–Crippen MR) is 187 cm³/mol. The van der Waals surface area contributed by atoms with Crippen LogP contribution in [0.5, 0.6) is 5.75 Å². The molecule has 0 bridgehead atoms. The normalized spacial score (nSPS) is 11.2. The van der Waals surface area contributed by atoms with E-state index in [-0.39, 0.29) is 11.3 Å². The molecule has 0 fully saturated rings. The molecule has 2 nitrogen and oxygen atoms in total. The van der Waals surface area contributed by atoms with Gasteiger partial charge in [-0.05, 0) is 102 Å². The van der Waals surface area contributed by atoms with Gasteiger partial charge in [-0.15, -0.1) is 0 Å². The number of nitriles is 1. The summed E-state index contributed by atoms with van der Waals surface area (Å²) in [5.74, 6) is -0.316. The van der Waals surface area contributed by atoms with Crippen molar-refractivity contribution in [1.82, 2.24) is 0 Å². The van der Waals surface area contributed by atoms with Crippen LogP contribution in [0.2, 0.25) is 0 Å². The SMILES string of the molecule is N#Cc1ccc(-c2c3ccccc3c(-c3ccc(-c4ccc5ccccc5c4)c(-c4ccccc4O)c3)c3ccccc23)cc1F. The van der Waals surface area contributed by atoms with Crippen molar-refractivity contribution >= 4 is 32.3 Å². The Hall–Kier alpha value is -6.24. The van der Waals surface area contributed by atoms with Crippen LogP contribution in [-0.2, 0) is 0 Å². The summed E-state index contributed by atoms with van der Waals surface area (Å²) in [6.45, 7) is 0. The van der Waals surface area contributed by atoms with Crippen molar-refractivity contribution in [2.75, 3.05) is 0 Å². The molecular weight excluding hydrogens is 565 g/mol. The zero-order valence-electron chi connectivity index (χ0n) is 24.7. The molecule has 0 amide bonds. The average Bonchev–Trinajstić information content (AvgIpc) is 3.10. The van der Waals surface area contributed by atoms with Crippen LogP contribution in [0.1, 0.15) is 5.56 Å². The molecule has 8 rings (SSSR count). The molecule has 8 aromatic rings. The van der Waals surface area contributed by atoms with Gasteiger partial charge in [0.2, 0.25) is 0 Å². The lowest BCUT2D eigenvalue weighted by molar-refractivity contribution is 0.477. The minimum absolute atomic E-state index is 0.0252. The van der Waals surface area contributed by atoms with Gasteiger partial charge in [0.1, 0.15) is 17.6 Å². The Bertz CT molecular complexity index is 2470. The molecule has 46 heavy (non-hydrogen) atoms. The zero-order valence-corrected chi connectivity index (χ0v) is 24.7. The highest BCUT2D eigenvalue weighted by atomic mass is 19.1. The summed E-state index contributed by atoms with van der Waals surface area (Å²) in [5.41, 5.74) is 7.51. The van der Waals surface area contributed by atoms with Gasteiger partial charge in [0.15, 0.2) is 0 Å². The Kier molecular flexibility index (Phi) is 6.56. The van der Waals surface area contributed by atoms with Crippen molar-refractivity contribution < 1.29 is 9.50 Å². The molecule has 216 valence electrons. The highest BCUT2D eigenvalue weighted by Crippen LogP contribution is 2.46. The number of nitrogens with zero attached hydrogens (tertiary/aromatic N) is 1. The molecule has 0 unspecified atom stereocenters. The molecule has 0 heterocycles. The van der Waals surface area contributed by atoms with Crippen molar-refractivity contribution in [3.05, 3.63) is 163 Å². The Morgan fingerprint density at radius 2 is 1.00 bits per heavy atom. The second kappa shape index (κ2) is 11.0. The first kappa shape index (κ1) is 27.3. The Morgan fingerprint density at radius 1 is 0.457 bits per heavy atom. The molecule has 0 saturated heterocycles. The first-order valence-electron chi connectivity index (χ1n) is 15.2. The summed E-state index contributed by atoms with van der Waals surface area (Å²) in [6, 6.07) is 51.9. The maximum absolute atomic E-state index is 14.9. The average molecular weight is 592 g/mol. The first-order valence-corrected chi connectivity index (χ1v) is 15.2. The maximum atomic E-state index is 14.9. The van der Waals surface area contributed by atoms with Crippen molar-refractivity contribution in [2.45, 2.75) is 0 Å². The number of hydrogen-bond donors (Lipinski definition) is 1. The van der Waals surface area contributed by atoms with E-state index in [4.69, 9.17) is 0 Å². The molecular formula is C43H26FNO. The second-order valence-corrected chi connectivity index (χ2v) is 11.5. The predicted octanol–water partition coefficient (Wildman–Crippen LogP) is 11.5. The van der Waals surface area contributed by atoms with E-state index < -0.39 is 5.82 Å². The van der Waals surface area contributed by atoms with Crippen LogP contribution < -0.4 is 0 Å². The maximum Gasteiger partial charge on any atom is 0.141 e. The van der Waals surface area contributed by atoms with Crippen molar-refractivity contribution in [3.63, 3.8) is 0 Å². The third-order valence-corrected chi connectivity index (χ3v) is 8.87. The summed E-state index contributed by atoms with van der Waals surface area (Å²) in [5, 5.41) is 26.8. The van der Waals surface area contributed by atoms with Gasteiger partial charge in [0.25, 0.3) is 0 Å². The van der Waals surface area contributed by atoms with Crippen LogP contribution in [0.25, 0.3) is 76.8 Å². The van der Waals surface area contributed by atoms with E-state index in [1.54, 1.807) is 12.1 Å². The molecule has 1 N–H and O–H groups in total. The van der Waals surface area contributed by atoms with E-state index in [0.29, 0.717) is 0 Å². The Morgan fingerprint density at radius 3 is 1.63 bits per heavy atom. The number of phenolic OH excluding ortho intramolecular Hbond substituents is 1. The number of benzene rings is 8. The Balaban J connectivity index is 1.43. The fraction of sp³-hybridized carbons (Fsp3) is 0. The van der Waals surface area contributed by atoms with Gasteiger partial charge in [-0.2, -0.15) is 5.26 Å². The summed E-state index contributed by atoms with van der Waals surface area (Å²) in [7, 11) is 0. The number of halogens is 1. The molecule has 8 aromatic carbocycles. The minimum Gasteiger partial charge on any atom is -0.507 e. The van der Waals surface area contributed by atoms with Gasteiger partial charge < -0.3 is 5.11 Å². The standard InChI is InChI=1S/C43H26FNO/c44-40-25-31(19-20-32(40)26-45)43-37-14-5-3-12-35(37)42(36-13-4-6-15-38(36)43)30-21-22-33(39(24-30)34-11-7-8-16-41(34)46)29-18-17-27-9-1-2-10-28(27)23-29/h1-25,46H. The molecule has 0 saturated carbocycles. The van der Waals surface area contributed by atoms with Gasteiger partial charge in [0, 0.05) is 5.56 Å². The molecule has 0 aliphatic rings. The van der Waals surface area contributed by atoms with Crippen LogP contribution in [0.3, 0.4) is 0 Å². The van der Waals surface area contributed by atoms with Gasteiger partial charge in [-0.25, -0.2) is 4.39 Å². The lowest BCUT2D eigenvalue weighted by atomic mass is 9.84. The van der Waals surface area contributed by atoms with Crippen molar-refractivity contribution in [3.8, 4) is 56.3 Å². The van der Waals surface area contributed by atoms with Crippen LogP contribution in [0, 0.1) is 17.1 Å². The Labute approximate surface area is 265 Å². The van der Waals surface area contributed by atoms with E-state index in [1.807, 2.05) is 66.7 Å². The number of hydrogen-bond acceptors (Lipinski definition) is 2. The van der Waals surface area contributed by atoms with E-state index in [0.717, 1.165) is 71.4 Å². The fourth-order valence-corrected chi connectivity index (χ4v) is 6.74. The second-order valence-electron chi connectivity index (χ2n) is 11.5. The van der Waals surface area contributed by atoms with E-state index in [1.165, 1.54) is 11.5 Å². The van der Waals surface area contributed by atoms with Gasteiger partial charge >= 0.3 is 0 Å². The number of phenols is 1. The van der Waals surface area contributed by atoms with Gasteiger partial charge in [-0.1, -0.05) is 121 Å². The van der Waals surface area contributed by atoms with Crippen molar-refractivity contribution in [1.29, 1.82) is 5.26 Å². The molecule has 0 aromatic heterocycles. The first-order chi connectivity index (χ1) is 22.6. The molecule has 0 atom stereocenters. The third-order valence-electron chi connectivity index (χ3n) is 8.87. The summed E-state index contributed by atoms with van der Waals surface area (Å²) >= 11 is 0. The number of aromatic hydroxyl groups is 1. The number of para-hydroxylation sites is 1.